The van der Waals surface area contributed by atoms with Crippen LogP contribution in [0.1, 0.15) is 26.0 Å². The Labute approximate surface area is 116 Å². The molecule has 0 saturated carbocycles. The van der Waals surface area contributed by atoms with Crippen LogP contribution in [0.5, 0.6) is 0 Å². The molecule has 0 fully saturated rings. The third-order valence-corrected chi connectivity index (χ3v) is 2.54. The van der Waals surface area contributed by atoms with Gasteiger partial charge in [-0.1, -0.05) is 13.0 Å². The number of anilines is 1. The molecular formula is C14H25N5. The van der Waals surface area contributed by atoms with Crippen LogP contribution in [0.25, 0.3) is 0 Å². The molecule has 0 aliphatic rings. The molecule has 0 atom stereocenters. The molecule has 19 heavy (non-hydrogen) atoms. The first kappa shape index (κ1) is 15.3. The van der Waals surface area contributed by atoms with E-state index in [1.165, 1.54) is 0 Å². The van der Waals surface area contributed by atoms with E-state index in [1.807, 2.05) is 37.2 Å². The van der Waals surface area contributed by atoms with Crippen molar-refractivity contribution < 1.29 is 0 Å². The van der Waals surface area contributed by atoms with Gasteiger partial charge in [0.2, 0.25) is 0 Å². The minimum absolute atomic E-state index is 0.584. The maximum Gasteiger partial charge on any atom is 0.191 e. The lowest BCUT2D eigenvalue weighted by atomic mass is 10.3. The molecule has 0 aromatic carbocycles. The van der Waals surface area contributed by atoms with Crippen molar-refractivity contribution in [2.24, 2.45) is 4.99 Å². The molecule has 5 heteroatoms. The smallest absolute Gasteiger partial charge is 0.191 e. The zero-order valence-corrected chi connectivity index (χ0v) is 12.4. The molecule has 1 rings (SSSR count). The number of pyridine rings is 1. The summed E-state index contributed by atoms with van der Waals surface area (Å²) in [7, 11) is 3.98. The van der Waals surface area contributed by atoms with E-state index in [0.29, 0.717) is 6.54 Å². The SMILES string of the molecule is CCCNC(=NCc1cccc(N(C)C)n1)NCC. The number of aliphatic imine (C=N–C) groups is 1. The van der Waals surface area contributed by atoms with Crippen LogP contribution in [-0.4, -0.2) is 38.1 Å². The standard InChI is InChI=1S/C14H25N5/c1-5-10-16-14(15-6-2)17-11-12-8-7-9-13(18-12)19(3)4/h7-9H,5-6,10-11H2,1-4H3,(H2,15,16,17). The number of aromatic nitrogens is 1. The highest BCUT2D eigenvalue weighted by molar-refractivity contribution is 5.79. The second-order valence-electron chi connectivity index (χ2n) is 4.50. The first-order valence-electron chi connectivity index (χ1n) is 6.82. The Morgan fingerprint density at radius 3 is 2.68 bits per heavy atom. The van der Waals surface area contributed by atoms with Gasteiger partial charge in [0.05, 0.1) is 12.2 Å². The lowest BCUT2D eigenvalue weighted by Gasteiger charge is -2.12. The summed E-state index contributed by atoms with van der Waals surface area (Å²) >= 11 is 0. The fourth-order valence-corrected chi connectivity index (χ4v) is 1.55. The Morgan fingerprint density at radius 1 is 1.26 bits per heavy atom. The molecule has 0 saturated heterocycles. The highest BCUT2D eigenvalue weighted by atomic mass is 15.2. The summed E-state index contributed by atoms with van der Waals surface area (Å²) in [5, 5.41) is 6.50. The summed E-state index contributed by atoms with van der Waals surface area (Å²) < 4.78 is 0. The molecule has 1 aromatic heterocycles. The van der Waals surface area contributed by atoms with Crippen molar-refractivity contribution in [1.29, 1.82) is 0 Å². The van der Waals surface area contributed by atoms with E-state index < -0.39 is 0 Å². The summed E-state index contributed by atoms with van der Waals surface area (Å²) in [5.74, 6) is 1.81. The van der Waals surface area contributed by atoms with Gasteiger partial charge in [0.1, 0.15) is 5.82 Å². The molecular weight excluding hydrogens is 238 g/mol. The van der Waals surface area contributed by atoms with E-state index in [4.69, 9.17) is 0 Å². The number of hydrogen-bond acceptors (Lipinski definition) is 3. The Balaban J connectivity index is 2.67. The van der Waals surface area contributed by atoms with Crippen LogP contribution in [0.3, 0.4) is 0 Å². The quantitative estimate of drug-likeness (QED) is 0.605. The number of hydrogen-bond donors (Lipinski definition) is 2. The molecule has 1 aromatic rings. The molecule has 0 spiro atoms. The van der Waals surface area contributed by atoms with Crippen LogP contribution < -0.4 is 15.5 Å². The minimum atomic E-state index is 0.584. The van der Waals surface area contributed by atoms with E-state index >= 15 is 0 Å². The van der Waals surface area contributed by atoms with Gasteiger partial charge in [0.25, 0.3) is 0 Å². The maximum atomic E-state index is 4.55. The highest BCUT2D eigenvalue weighted by Crippen LogP contribution is 2.08. The summed E-state index contributed by atoms with van der Waals surface area (Å²) in [6, 6.07) is 6.01. The normalized spacial score (nSPS) is 11.3. The zero-order valence-electron chi connectivity index (χ0n) is 12.4. The molecule has 1 heterocycles. The molecule has 0 unspecified atom stereocenters. The molecule has 0 aliphatic carbocycles. The average molecular weight is 263 g/mol. The van der Waals surface area contributed by atoms with Crippen molar-refractivity contribution in [3.63, 3.8) is 0 Å². The van der Waals surface area contributed by atoms with Gasteiger partial charge >= 0.3 is 0 Å². The Morgan fingerprint density at radius 2 is 2.05 bits per heavy atom. The van der Waals surface area contributed by atoms with Gasteiger partial charge in [0.15, 0.2) is 5.96 Å². The predicted molar refractivity (Wildman–Crippen MR) is 81.7 cm³/mol. The van der Waals surface area contributed by atoms with E-state index in [1.54, 1.807) is 0 Å². The zero-order chi connectivity index (χ0) is 14.1. The Hall–Kier alpha value is -1.78. The molecule has 0 aliphatic heterocycles. The fraction of sp³-hybridized carbons (Fsp3) is 0.571. The van der Waals surface area contributed by atoms with Crippen molar-refractivity contribution >= 4 is 11.8 Å². The van der Waals surface area contributed by atoms with Crippen LogP contribution in [0.2, 0.25) is 0 Å². The van der Waals surface area contributed by atoms with Gasteiger partial charge in [0, 0.05) is 27.2 Å². The van der Waals surface area contributed by atoms with Crippen molar-refractivity contribution in [3.8, 4) is 0 Å². The van der Waals surface area contributed by atoms with Gasteiger partial charge in [-0.05, 0) is 25.5 Å². The molecule has 0 radical (unpaired) electrons. The predicted octanol–water partition coefficient (Wildman–Crippen LogP) is 1.61. The largest absolute Gasteiger partial charge is 0.363 e. The minimum Gasteiger partial charge on any atom is -0.363 e. The molecule has 0 amide bonds. The summed E-state index contributed by atoms with van der Waals surface area (Å²) in [5.41, 5.74) is 0.972. The van der Waals surface area contributed by atoms with Gasteiger partial charge in [-0.2, -0.15) is 0 Å². The van der Waals surface area contributed by atoms with Crippen molar-refractivity contribution in [2.45, 2.75) is 26.8 Å². The lowest BCUT2D eigenvalue weighted by Crippen LogP contribution is -2.37. The summed E-state index contributed by atoms with van der Waals surface area (Å²) in [6.45, 7) is 6.57. The molecule has 0 bridgehead atoms. The van der Waals surface area contributed by atoms with Gasteiger partial charge < -0.3 is 15.5 Å². The second-order valence-corrected chi connectivity index (χ2v) is 4.50. The number of nitrogens with zero attached hydrogens (tertiary/aromatic N) is 3. The van der Waals surface area contributed by atoms with Crippen LogP contribution >= 0.6 is 0 Å². The third-order valence-electron chi connectivity index (χ3n) is 2.54. The second kappa shape index (κ2) is 8.34. The lowest BCUT2D eigenvalue weighted by molar-refractivity contribution is 0.783. The van der Waals surface area contributed by atoms with Crippen molar-refractivity contribution in [2.75, 3.05) is 32.1 Å². The number of rotatable bonds is 6. The van der Waals surface area contributed by atoms with E-state index in [2.05, 4.69) is 34.5 Å². The summed E-state index contributed by atoms with van der Waals surface area (Å²) in [6.07, 6.45) is 1.08. The Kier molecular flexibility index (Phi) is 6.71. The van der Waals surface area contributed by atoms with Crippen molar-refractivity contribution in [3.05, 3.63) is 23.9 Å². The molecule has 106 valence electrons. The fourth-order valence-electron chi connectivity index (χ4n) is 1.55. The van der Waals surface area contributed by atoms with Crippen molar-refractivity contribution in [1.82, 2.24) is 15.6 Å². The highest BCUT2D eigenvalue weighted by Gasteiger charge is 2.00. The number of nitrogens with one attached hydrogen (secondary N) is 2. The maximum absolute atomic E-state index is 4.55. The van der Waals surface area contributed by atoms with E-state index in [0.717, 1.165) is 37.0 Å². The average Bonchev–Trinajstić information content (AvgIpc) is 2.42. The topological polar surface area (TPSA) is 52.6 Å². The monoisotopic (exact) mass is 263 g/mol. The van der Waals surface area contributed by atoms with Crippen LogP contribution in [0.15, 0.2) is 23.2 Å². The summed E-state index contributed by atoms with van der Waals surface area (Å²) in [4.78, 5) is 11.1. The first-order valence-corrected chi connectivity index (χ1v) is 6.82. The van der Waals surface area contributed by atoms with E-state index in [-0.39, 0.29) is 0 Å². The van der Waals surface area contributed by atoms with Crippen LogP contribution in [0.4, 0.5) is 5.82 Å². The van der Waals surface area contributed by atoms with Crippen LogP contribution in [-0.2, 0) is 6.54 Å². The first-order chi connectivity index (χ1) is 9.17. The van der Waals surface area contributed by atoms with E-state index in [9.17, 15) is 0 Å². The molecule has 2 N–H and O–H groups in total. The van der Waals surface area contributed by atoms with Gasteiger partial charge in [-0.15, -0.1) is 0 Å². The Bertz CT molecular complexity index is 401. The van der Waals surface area contributed by atoms with Gasteiger partial charge in [-0.25, -0.2) is 9.98 Å². The molecule has 5 nitrogen and oxygen atoms in total. The van der Waals surface area contributed by atoms with Crippen LogP contribution in [0, 0.1) is 0 Å². The number of guanidine groups is 1. The third kappa shape index (κ3) is 5.59. The van der Waals surface area contributed by atoms with Gasteiger partial charge in [-0.3, -0.25) is 0 Å².